The first-order valence-electron chi connectivity index (χ1n) is 8.33. The standard InChI is InChI=1S/C21H15ClFN3O/c22-17-8-11-20-25-21(16-4-2-1-3-5-16)19(26(20)13-17)12-24-27-14-15-6-9-18(23)10-7-15/h1-13H,14H2/b24-12-. The van der Waals surface area contributed by atoms with Gasteiger partial charge in [-0.1, -0.05) is 59.2 Å². The Bertz CT molecular complexity index is 1090. The summed E-state index contributed by atoms with van der Waals surface area (Å²) in [6, 6.07) is 19.6. The van der Waals surface area contributed by atoms with Crippen LogP contribution in [0.3, 0.4) is 0 Å². The molecule has 6 heteroatoms. The molecule has 27 heavy (non-hydrogen) atoms. The lowest BCUT2D eigenvalue weighted by molar-refractivity contribution is 0.132. The highest BCUT2D eigenvalue weighted by molar-refractivity contribution is 6.30. The normalized spacial score (nSPS) is 11.3. The molecule has 2 aromatic carbocycles. The van der Waals surface area contributed by atoms with Crippen molar-refractivity contribution in [2.24, 2.45) is 5.16 Å². The molecule has 0 aliphatic rings. The van der Waals surface area contributed by atoms with Crippen LogP contribution in [0.5, 0.6) is 0 Å². The van der Waals surface area contributed by atoms with Gasteiger partial charge in [-0.3, -0.25) is 4.40 Å². The molecule has 0 N–H and O–H groups in total. The van der Waals surface area contributed by atoms with Crippen LogP contribution in [0, 0.1) is 5.82 Å². The molecule has 0 saturated heterocycles. The number of halogens is 2. The molecule has 0 unspecified atom stereocenters. The van der Waals surface area contributed by atoms with Crippen molar-refractivity contribution in [3.8, 4) is 11.3 Å². The third kappa shape index (κ3) is 3.83. The lowest BCUT2D eigenvalue weighted by Crippen LogP contribution is -1.95. The Morgan fingerprint density at radius 2 is 1.81 bits per heavy atom. The highest BCUT2D eigenvalue weighted by Gasteiger charge is 2.13. The first kappa shape index (κ1) is 17.2. The van der Waals surface area contributed by atoms with Crippen molar-refractivity contribution in [1.82, 2.24) is 9.38 Å². The molecule has 0 atom stereocenters. The van der Waals surface area contributed by atoms with Crippen molar-refractivity contribution >= 4 is 23.5 Å². The minimum Gasteiger partial charge on any atom is -0.391 e. The van der Waals surface area contributed by atoms with Crippen LogP contribution in [0.4, 0.5) is 4.39 Å². The van der Waals surface area contributed by atoms with Crippen molar-refractivity contribution in [1.29, 1.82) is 0 Å². The zero-order valence-corrected chi connectivity index (χ0v) is 15.0. The van der Waals surface area contributed by atoms with Gasteiger partial charge < -0.3 is 4.84 Å². The Kier molecular flexibility index (Phi) is 4.85. The summed E-state index contributed by atoms with van der Waals surface area (Å²) >= 11 is 6.15. The minimum atomic E-state index is -0.280. The molecule has 0 bridgehead atoms. The van der Waals surface area contributed by atoms with E-state index in [4.69, 9.17) is 16.4 Å². The second kappa shape index (κ2) is 7.60. The molecule has 0 aliphatic heterocycles. The predicted octanol–water partition coefficient (Wildman–Crippen LogP) is 5.34. The number of benzene rings is 2. The van der Waals surface area contributed by atoms with Crippen LogP contribution in [0.15, 0.2) is 78.1 Å². The maximum absolute atomic E-state index is 13.0. The fraction of sp³-hybridized carbons (Fsp3) is 0.0476. The smallest absolute Gasteiger partial charge is 0.142 e. The maximum atomic E-state index is 13.0. The summed E-state index contributed by atoms with van der Waals surface area (Å²) in [5.74, 6) is -0.280. The molecule has 0 spiro atoms. The number of nitrogens with zero attached hydrogens (tertiary/aromatic N) is 3. The Morgan fingerprint density at radius 3 is 2.59 bits per heavy atom. The Hall–Kier alpha value is -3.18. The van der Waals surface area contributed by atoms with Crippen LogP contribution in [0.1, 0.15) is 11.3 Å². The Morgan fingerprint density at radius 1 is 1.04 bits per heavy atom. The number of imidazole rings is 1. The third-order valence-electron chi connectivity index (χ3n) is 4.06. The van der Waals surface area contributed by atoms with E-state index in [1.54, 1.807) is 30.6 Å². The zero-order chi connectivity index (χ0) is 18.6. The van der Waals surface area contributed by atoms with Gasteiger partial charge in [-0.05, 0) is 29.8 Å². The highest BCUT2D eigenvalue weighted by Crippen LogP contribution is 2.24. The minimum absolute atomic E-state index is 0.245. The lowest BCUT2D eigenvalue weighted by Gasteiger charge is -2.02. The molecular formula is C21H15ClFN3O. The van der Waals surface area contributed by atoms with Crippen LogP contribution < -0.4 is 0 Å². The van der Waals surface area contributed by atoms with Gasteiger partial charge in [-0.25, -0.2) is 9.37 Å². The van der Waals surface area contributed by atoms with E-state index in [2.05, 4.69) is 10.1 Å². The number of rotatable bonds is 5. The molecule has 2 heterocycles. The molecule has 0 aliphatic carbocycles. The molecule has 0 saturated carbocycles. The van der Waals surface area contributed by atoms with E-state index < -0.39 is 0 Å². The van der Waals surface area contributed by atoms with Gasteiger partial charge in [-0.2, -0.15) is 0 Å². The molecular weight excluding hydrogens is 365 g/mol. The quantitative estimate of drug-likeness (QED) is 0.346. The fourth-order valence-electron chi connectivity index (χ4n) is 2.75. The third-order valence-corrected chi connectivity index (χ3v) is 4.28. The van der Waals surface area contributed by atoms with E-state index in [9.17, 15) is 4.39 Å². The largest absolute Gasteiger partial charge is 0.391 e. The number of fused-ring (bicyclic) bond motifs is 1. The lowest BCUT2D eigenvalue weighted by atomic mass is 10.1. The number of aromatic nitrogens is 2. The molecule has 0 amide bonds. The zero-order valence-electron chi connectivity index (χ0n) is 14.2. The van der Waals surface area contributed by atoms with Gasteiger partial charge in [0, 0.05) is 11.8 Å². The van der Waals surface area contributed by atoms with E-state index in [0.717, 1.165) is 28.2 Å². The first-order chi connectivity index (χ1) is 13.2. The van der Waals surface area contributed by atoms with Gasteiger partial charge >= 0.3 is 0 Å². The van der Waals surface area contributed by atoms with Crippen molar-refractivity contribution in [2.75, 3.05) is 0 Å². The van der Waals surface area contributed by atoms with Crippen LogP contribution in [0.2, 0.25) is 5.02 Å². The van der Waals surface area contributed by atoms with Gasteiger partial charge in [0.15, 0.2) is 0 Å². The van der Waals surface area contributed by atoms with E-state index in [0.29, 0.717) is 5.02 Å². The van der Waals surface area contributed by atoms with Gasteiger partial charge in [0.25, 0.3) is 0 Å². The summed E-state index contributed by atoms with van der Waals surface area (Å²) < 4.78 is 14.8. The summed E-state index contributed by atoms with van der Waals surface area (Å²) in [4.78, 5) is 10.1. The first-order valence-corrected chi connectivity index (χ1v) is 8.71. The highest BCUT2D eigenvalue weighted by atomic mass is 35.5. The van der Waals surface area contributed by atoms with Gasteiger partial charge in [0.05, 0.1) is 22.6 Å². The van der Waals surface area contributed by atoms with Crippen molar-refractivity contribution < 1.29 is 9.23 Å². The van der Waals surface area contributed by atoms with Gasteiger partial charge in [-0.15, -0.1) is 0 Å². The van der Waals surface area contributed by atoms with Crippen molar-refractivity contribution in [2.45, 2.75) is 6.61 Å². The molecule has 4 nitrogen and oxygen atoms in total. The monoisotopic (exact) mass is 379 g/mol. The Labute approximate surface area is 160 Å². The molecule has 4 aromatic rings. The Balaban J connectivity index is 1.64. The van der Waals surface area contributed by atoms with Gasteiger partial charge in [0.1, 0.15) is 18.1 Å². The van der Waals surface area contributed by atoms with Crippen LogP contribution in [-0.2, 0) is 11.4 Å². The molecule has 0 radical (unpaired) electrons. The second-order valence-electron chi connectivity index (χ2n) is 5.92. The molecule has 2 aromatic heterocycles. The summed E-state index contributed by atoms with van der Waals surface area (Å²) in [6.07, 6.45) is 3.40. The average molecular weight is 380 g/mol. The predicted molar refractivity (Wildman–Crippen MR) is 104 cm³/mol. The van der Waals surface area contributed by atoms with Crippen LogP contribution >= 0.6 is 11.6 Å². The van der Waals surface area contributed by atoms with Crippen molar-refractivity contribution in [3.63, 3.8) is 0 Å². The molecule has 4 rings (SSSR count). The second-order valence-corrected chi connectivity index (χ2v) is 6.36. The van der Waals surface area contributed by atoms with E-state index >= 15 is 0 Å². The fourth-order valence-corrected chi connectivity index (χ4v) is 2.91. The molecule has 134 valence electrons. The summed E-state index contributed by atoms with van der Waals surface area (Å²) in [5, 5.41) is 4.67. The molecule has 0 fully saturated rings. The number of hydrogen-bond donors (Lipinski definition) is 0. The van der Waals surface area contributed by atoms with E-state index in [1.165, 1.54) is 12.1 Å². The topological polar surface area (TPSA) is 38.9 Å². The summed E-state index contributed by atoms with van der Waals surface area (Å²) in [6.45, 7) is 0.245. The average Bonchev–Trinajstić information content (AvgIpc) is 3.05. The van der Waals surface area contributed by atoms with Crippen molar-refractivity contribution in [3.05, 3.63) is 95.0 Å². The summed E-state index contributed by atoms with van der Waals surface area (Å²) in [5.41, 5.74) is 4.11. The van der Waals surface area contributed by atoms with E-state index in [1.807, 2.05) is 40.8 Å². The van der Waals surface area contributed by atoms with Crippen LogP contribution in [0.25, 0.3) is 16.9 Å². The van der Waals surface area contributed by atoms with E-state index in [-0.39, 0.29) is 12.4 Å². The number of pyridine rings is 1. The van der Waals surface area contributed by atoms with Crippen LogP contribution in [-0.4, -0.2) is 15.6 Å². The SMILES string of the molecule is Fc1ccc(CO/N=C\c2c(-c3ccccc3)nc3ccc(Cl)cn23)cc1. The number of oxime groups is 1. The summed E-state index contributed by atoms with van der Waals surface area (Å²) in [7, 11) is 0. The maximum Gasteiger partial charge on any atom is 0.142 e. The number of hydrogen-bond acceptors (Lipinski definition) is 3. The van der Waals surface area contributed by atoms with Gasteiger partial charge in [0.2, 0.25) is 0 Å².